The molecule has 1 amide bonds. The summed E-state index contributed by atoms with van der Waals surface area (Å²) in [6.07, 6.45) is 0.691. The highest BCUT2D eigenvalue weighted by Crippen LogP contribution is 2.25. The first-order valence-electron chi connectivity index (χ1n) is 6.87. The number of rotatable bonds is 3. The molecule has 21 heavy (non-hydrogen) atoms. The molecule has 0 aromatic heterocycles. The molecular weight excluding hydrogens is 280 g/mol. The molecule has 0 saturated carbocycles. The number of benzene rings is 1. The first-order valence-corrected chi connectivity index (χ1v) is 6.87. The summed E-state index contributed by atoms with van der Waals surface area (Å²) in [5, 5.41) is 9.13. The maximum Gasteiger partial charge on any atom is 0.308 e. The van der Waals surface area contributed by atoms with Gasteiger partial charge in [-0.15, -0.1) is 0 Å². The third-order valence-corrected chi connectivity index (χ3v) is 4.02. The molecule has 1 N–H and O–H groups in total. The molecule has 0 unspecified atom stereocenters. The monoisotopic (exact) mass is 297 g/mol. The van der Waals surface area contributed by atoms with Crippen LogP contribution in [-0.4, -0.2) is 34.5 Å². The van der Waals surface area contributed by atoms with Crippen LogP contribution in [0.25, 0.3) is 0 Å². The smallest absolute Gasteiger partial charge is 0.308 e. The van der Waals surface area contributed by atoms with E-state index in [1.165, 1.54) is 11.0 Å². The van der Waals surface area contributed by atoms with Gasteiger partial charge >= 0.3 is 5.97 Å². The highest BCUT2D eigenvalue weighted by molar-refractivity contribution is 5.80. The number of hydrogen-bond donors (Lipinski definition) is 1. The highest BCUT2D eigenvalue weighted by Gasteiger charge is 2.35. The maximum absolute atomic E-state index is 13.6. The fourth-order valence-corrected chi connectivity index (χ4v) is 2.78. The number of hydrogen-bond acceptors (Lipinski definition) is 2. The van der Waals surface area contributed by atoms with Crippen molar-refractivity contribution in [3.63, 3.8) is 0 Å². The number of carbonyl (C=O) groups is 2. The minimum atomic E-state index is -0.947. The lowest BCUT2D eigenvalue weighted by molar-refractivity contribution is -0.148. The summed E-state index contributed by atoms with van der Waals surface area (Å²) in [4.78, 5) is 24.8. The van der Waals surface area contributed by atoms with Crippen molar-refractivity contribution in [2.24, 2.45) is 5.92 Å². The van der Waals surface area contributed by atoms with E-state index in [4.69, 9.17) is 5.11 Å². The second-order valence-electron chi connectivity index (χ2n) is 5.29. The highest BCUT2D eigenvalue weighted by atomic mass is 19.1. The second-order valence-corrected chi connectivity index (χ2v) is 5.29. The molecule has 0 bridgehead atoms. The normalized spacial score (nSPS) is 22.1. The zero-order valence-electron chi connectivity index (χ0n) is 11.7. The molecule has 1 aliphatic rings. The van der Waals surface area contributed by atoms with Gasteiger partial charge in [0.15, 0.2) is 0 Å². The van der Waals surface area contributed by atoms with Gasteiger partial charge in [0.2, 0.25) is 5.91 Å². The minimum absolute atomic E-state index is 0.271. The molecule has 6 heteroatoms. The Morgan fingerprint density at radius 3 is 2.52 bits per heavy atom. The fourth-order valence-electron chi connectivity index (χ4n) is 2.78. The number of amides is 1. The van der Waals surface area contributed by atoms with Gasteiger partial charge in [-0.3, -0.25) is 9.59 Å². The summed E-state index contributed by atoms with van der Waals surface area (Å²) in [7, 11) is 0. The van der Waals surface area contributed by atoms with Gasteiger partial charge in [0, 0.05) is 18.2 Å². The quantitative estimate of drug-likeness (QED) is 0.930. The van der Waals surface area contributed by atoms with Crippen molar-refractivity contribution in [2.45, 2.75) is 32.2 Å². The maximum atomic E-state index is 13.6. The van der Waals surface area contributed by atoms with Crippen molar-refractivity contribution in [3.8, 4) is 0 Å². The lowest BCUT2D eigenvalue weighted by Gasteiger charge is -2.37. The van der Waals surface area contributed by atoms with Crippen molar-refractivity contribution >= 4 is 11.9 Å². The van der Waals surface area contributed by atoms with Gasteiger partial charge in [-0.2, -0.15) is 0 Å². The molecule has 1 saturated heterocycles. The van der Waals surface area contributed by atoms with E-state index < -0.39 is 41.9 Å². The van der Waals surface area contributed by atoms with Gasteiger partial charge in [0.25, 0.3) is 0 Å². The zero-order chi connectivity index (χ0) is 15.6. The van der Waals surface area contributed by atoms with E-state index >= 15 is 0 Å². The van der Waals surface area contributed by atoms with Crippen molar-refractivity contribution in [1.82, 2.24) is 4.90 Å². The lowest BCUT2D eigenvalue weighted by Crippen LogP contribution is -2.49. The number of carboxylic acid groups (broad SMARTS) is 1. The standard InChI is InChI=1S/C15H17F2NO3/c1-9-10(15(20)21)4-3-7-18(9)14(19)8-11-12(16)5-2-6-13(11)17/h2,5-6,9-10H,3-4,7-8H2,1H3,(H,20,21)/t9-,10-/m1/s1. The Bertz CT molecular complexity index is 542. The number of piperidine rings is 1. The van der Waals surface area contributed by atoms with Crippen LogP contribution < -0.4 is 0 Å². The Balaban J connectivity index is 2.14. The van der Waals surface area contributed by atoms with Crippen LogP contribution in [0.4, 0.5) is 8.78 Å². The SMILES string of the molecule is C[C@@H]1[C@H](C(=O)O)CCCN1C(=O)Cc1c(F)cccc1F. The summed E-state index contributed by atoms with van der Waals surface area (Å²) >= 11 is 0. The summed E-state index contributed by atoms with van der Waals surface area (Å²) in [5.41, 5.74) is -0.271. The van der Waals surface area contributed by atoms with E-state index in [1.807, 2.05) is 0 Å². The Kier molecular flexibility index (Phi) is 4.55. The molecule has 1 aliphatic heterocycles. The second kappa shape index (κ2) is 6.20. The first kappa shape index (κ1) is 15.4. The van der Waals surface area contributed by atoms with E-state index in [9.17, 15) is 18.4 Å². The van der Waals surface area contributed by atoms with Crippen molar-refractivity contribution in [2.75, 3.05) is 6.54 Å². The minimum Gasteiger partial charge on any atom is -0.481 e. The Labute approximate surface area is 121 Å². The summed E-state index contributed by atoms with van der Waals surface area (Å²) in [5.74, 6) is -3.55. The summed E-state index contributed by atoms with van der Waals surface area (Å²) in [6, 6.07) is 2.97. The molecule has 1 aromatic rings. The number of carboxylic acids is 1. The molecule has 4 nitrogen and oxygen atoms in total. The van der Waals surface area contributed by atoms with E-state index in [0.717, 1.165) is 12.1 Å². The third-order valence-electron chi connectivity index (χ3n) is 4.02. The molecule has 1 aromatic carbocycles. The molecule has 1 fully saturated rings. The number of carbonyl (C=O) groups excluding carboxylic acids is 1. The molecule has 1 heterocycles. The van der Waals surface area contributed by atoms with Crippen LogP contribution in [0.5, 0.6) is 0 Å². The fraction of sp³-hybridized carbons (Fsp3) is 0.467. The van der Waals surface area contributed by atoms with Gasteiger partial charge in [-0.25, -0.2) is 8.78 Å². The summed E-state index contributed by atoms with van der Waals surface area (Å²) < 4.78 is 27.2. The topological polar surface area (TPSA) is 57.6 Å². The van der Waals surface area contributed by atoms with Crippen LogP contribution >= 0.6 is 0 Å². The van der Waals surface area contributed by atoms with Crippen LogP contribution in [0.15, 0.2) is 18.2 Å². The molecule has 2 rings (SSSR count). The van der Waals surface area contributed by atoms with E-state index in [-0.39, 0.29) is 5.56 Å². The molecule has 0 spiro atoms. The van der Waals surface area contributed by atoms with Crippen LogP contribution in [0.2, 0.25) is 0 Å². The molecule has 2 atom stereocenters. The Hall–Kier alpha value is -1.98. The van der Waals surface area contributed by atoms with Crippen LogP contribution in [0, 0.1) is 17.6 Å². The zero-order valence-corrected chi connectivity index (χ0v) is 11.7. The third kappa shape index (κ3) is 3.20. The van der Waals surface area contributed by atoms with Gasteiger partial charge in [-0.1, -0.05) is 6.07 Å². The number of aliphatic carboxylic acids is 1. The molecule has 0 aliphatic carbocycles. The Morgan fingerprint density at radius 2 is 1.95 bits per heavy atom. The van der Waals surface area contributed by atoms with Gasteiger partial charge in [-0.05, 0) is 31.9 Å². The molecular formula is C15H17F2NO3. The van der Waals surface area contributed by atoms with E-state index in [0.29, 0.717) is 19.4 Å². The largest absolute Gasteiger partial charge is 0.481 e. The molecule has 0 radical (unpaired) electrons. The van der Waals surface area contributed by atoms with E-state index in [1.54, 1.807) is 6.92 Å². The van der Waals surface area contributed by atoms with Crippen LogP contribution in [0.3, 0.4) is 0 Å². The number of nitrogens with zero attached hydrogens (tertiary/aromatic N) is 1. The Morgan fingerprint density at radius 1 is 1.33 bits per heavy atom. The number of likely N-dealkylation sites (tertiary alicyclic amines) is 1. The van der Waals surface area contributed by atoms with E-state index in [2.05, 4.69) is 0 Å². The van der Waals surface area contributed by atoms with Crippen LogP contribution in [-0.2, 0) is 16.0 Å². The lowest BCUT2D eigenvalue weighted by atomic mass is 9.90. The predicted octanol–water partition coefficient (Wildman–Crippen LogP) is 2.22. The average Bonchev–Trinajstić information content (AvgIpc) is 2.42. The van der Waals surface area contributed by atoms with Gasteiger partial charge in [0.05, 0.1) is 12.3 Å². The van der Waals surface area contributed by atoms with Crippen molar-refractivity contribution < 1.29 is 23.5 Å². The summed E-state index contributed by atoms with van der Waals surface area (Å²) in [6.45, 7) is 2.08. The van der Waals surface area contributed by atoms with Crippen molar-refractivity contribution in [3.05, 3.63) is 35.4 Å². The predicted molar refractivity (Wildman–Crippen MR) is 71.6 cm³/mol. The van der Waals surface area contributed by atoms with Gasteiger partial charge in [0.1, 0.15) is 11.6 Å². The van der Waals surface area contributed by atoms with Gasteiger partial charge < -0.3 is 10.0 Å². The van der Waals surface area contributed by atoms with Crippen molar-refractivity contribution in [1.29, 1.82) is 0 Å². The molecule has 114 valence electrons. The first-order chi connectivity index (χ1) is 9.91. The average molecular weight is 297 g/mol. The number of halogens is 2. The van der Waals surface area contributed by atoms with Crippen LogP contribution in [0.1, 0.15) is 25.3 Å².